The molecule has 1 aliphatic rings. The molecule has 1 atom stereocenters. The van der Waals surface area contributed by atoms with Crippen LogP contribution in [0.1, 0.15) is 40.5 Å². The maximum atomic E-state index is 12.4. The molecular formula is C18H27N2O3. The van der Waals surface area contributed by atoms with Crippen LogP contribution in [-0.2, 0) is 4.79 Å². The molecule has 1 fully saturated rings. The highest BCUT2D eigenvalue weighted by Gasteiger charge is 2.55. The van der Waals surface area contributed by atoms with E-state index in [2.05, 4.69) is 0 Å². The number of ether oxygens (including phenoxy) is 1. The molecule has 0 aromatic heterocycles. The predicted octanol–water partition coefficient (Wildman–Crippen LogP) is 3.34. The molecular weight excluding hydrogens is 292 g/mol. The molecule has 1 heterocycles. The highest BCUT2D eigenvalue weighted by Crippen LogP contribution is 2.48. The third-order valence-corrected chi connectivity index (χ3v) is 4.90. The zero-order chi connectivity index (χ0) is 17.4. The van der Waals surface area contributed by atoms with Gasteiger partial charge < -0.3 is 20.5 Å². The first-order valence-electron chi connectivity index (χ1n) is 7.89. The minimum Gasteiger partial charge on any atom is -0.495 e. The maximum absolute atomic E-state index is 12.4. The van der Waals surface area contributed by atoms with E-state index in [1.54, 1.807) is 13.2 Å². The van der Waals surface area contributed by atoms with Gasteiger partial charge in [-0.25, -0.2) is 4.79 Å². The summed E-state index contributed by atoms with van der Waals surface area (Å²) in [6.07, 6.45) is 1.43. The number of hydrogen-bond donors (Lipinski definition) is 2. The number of nitrogens with two attached hydrogens (primary N) is 1. The largest absolute Gasteiger partial charge is 0.495 e. The Morgan fingerprint density at radius 1 is 1.39 bits per heavy atom. The van der Waals surface area contributed by atoms with Crippen molar-refractivity contribution in [1.82, 2.24) is 0 Å². The lowest BCUT2D eigenvalue weighted by Gasteiger charge is -2.54. The number of carbonyl (C=O) groups is 1. The monoisotopic (exact) mass is 319 g/mol. The SMILES string of the molecule is COc1cc(N2CC[C](C)CC2(C(=O)O)C(C)(C)C)ccc1N. The third kappa shape index (κ3) is 2.84. The predicted molar refractivity (Wildman–Crippen MR) is 92.7 cm³/mol. The standard InChI is InChI=1S/C18H27N2O3/c1-12-8-9-20(13-6-7-14(19)15(10-13)23-5)18(11-12,16(21)22)17(2,3)4/h6-7,10H,8-9,11,19H2,1-5H3,(H,21,22). The lowest BCUT2D eigenvalue weighted by Crippen LogP contribution is -2.65. The average Bonchev–Trinajstić information content (AvgIpc) is 2.46. The molecule has 1 aromatic carbocycles. The highest BCUT2D eigenvalue weighted by atomic mass is 16.5. The molecule has 5 nitrogen and oxygen atoms in total. The highest BCUT2D eigenvalue weighted by molar-refractivity contribution is 5.86. The second kappa shape index (κ2) is 5.95. The molecule has 1 unspecified atom stereocenters. The van der Waals surface area contributed by atoms with Crippen molar-refractivity contribution in [3.05, 3.63) is 24.1 Å². The van der Waals surface area contributed by atoms with Gasteiger partial charge in [0.25, 0.3) is 0 Å². The van der Waals surface area contributed by atoms with Crippen molar-refractivity contribution in [2.75, 3.05) is 24.3 Å². The number of benzene rings is 1. The van der Waals surface area contributed by atoms with Crippen molar-refractivity contribution in [2.24, 2.45) is 5.41 Å². The normalized spacial score (nSPS) is 22.9. The number of carboxylic acids is 1. The fourth-order valence-corrected chi connectivity index (χ4v) is 3.51. The number of hydrogen-bond acceptors (Lipinski definition) is 4. The van der Waals surface area contributed by atoms with Crippen LogP contribution in [0.25, 0.3) is 0 Å². The fourth-order valence-electron chi connectivity index (χ4n) is 3.51. The molecule has 1 saturated heterocycles. The van der Waals surface area contributed by atoms with Crippen molar-refractivity contribution in [1.29, 1.82) is 0 Å². The summed E-state index contributed by atoms with van der Waals surface area (Å²) in [5, 5.41) is 10.1. The number of carboxylic acid groups (broad SMARTS) is 1. The molecule has 0 saturated carbocycles. The number of piperidine rings is 1. The minimum absolute atomic E-state index is 0.435. The van der Waals surface area contributed by atoms with Crippen LogP contribution in [0.15, 0.2) is 18.2 Å². The van der Waals surface area contributed by atoms with Gasteiger partial charge in [-0.3, -0.25) is 0 Å². The number of methoxy groups -OCH3 is 1. The van der Waals surface area contributed by atoms with Crippen LogP contribution in [0.5, 0.6) is 5.75 Å². The van der Waals surface area contributed by atoms with Crippen LogP contribution in [0, 0.1) is 11.3 Å². The summed E-state index contributed by atoms with van der Waals surface area (Å²) in [7, 11) is 1.57. The first-order chi connectivity index (χ1) is 10.6. The Bertz CT molecular complexity index is 594. The van der Waals surface area contributed by atoms with Crippen LogP contribution in [0.4, 0.5) is 11.4 Å². The summed E-state index contributed by atoms with van der Waals surface area (Å²) in [4.78, 5) is 14.4. The molecule has 1 aliphatic heterocycles. The second-order valence-electron chi connectivity index (χ2n) is 7.38. The zero-order valence-corrected chi connectivity index (χ0v) is 14.6. The molecule has 127 valence electrons. The first-order valence-corrected chi connectivity index (χ1v) is 7.89. The third-order valence-electron chi connectivity index (χ3n) is 4.90. The van der Waals surface area contributed by atoms with Gasteiger partial charge in [0.15, 0.2) is 0 Å². The Morgan fingerprint density at radius 3 is 2.57 bits per heavy atom. The number of rotatable bonds is 3. The molecule has 5 heteroatoms. The van der Waals surface area contributed by atoms with E-state index in [0.717, 1.165) is 12.1 Å². The van der Waals surface area contributed by atoms with Gasteiger partial charge in [0.05, 0.1) is 12.8 Å². The Labute approximate surface area is 138 Å². The van der Waals surface area contributed by atoms with Crippen molar-refractivity contribution >= 4 is 17.3 Å². The summed E-state index contributed by atoms with van der Waals surface area (Å²) in [5.74, 6) is 1.00. The molecule has 3 N–H and O–H groups in total. The summed E-state index contributed by atoms with van der Waals surface area (Å²) < 4.78 is 5.31. The number of nitrogens with zero attached hydrogens (tertiary/aromatic N) is 1. The van der Waals surface area contributed by atoms with Crippen LogP contribution in [-0.4, -0.2) is 30.3 Å². The molecule has 0 spiro atoms. The molecule has 23 heavy (non-hydrogen) atoms. The fraction of sp³-hybridized carbons (Fsp3) is 0.556. The number of nitrogen functional groups attached to an aromatic ring is 1. The van der Waals surface area contributed by atoms with E-state index in [1.165, 1.54) is 5.92 Å². The van der Waals surface area contributed by atoms with Crippen LogP contribution in [0.3, 0.4) is 0 Å². The smallest absolute Gasteiger partial charge is 0.330 e. The summed E-state index contributed by atoms with van der Waals surface area (Å²) in [5.41, 5.74) is 5.86. The van der Waals surface area contributed by atoms with Gasteiger partial charge in [-0.1, -0.05) is 27.7 Å². The Kier molecular flexibility index (Phi) is 4.51. The molecule has 0 amide bonds. The van der Waals surface area contributed by atoms with Gasteiger partial charge >= 0.3 is 5.97 Å². The van der Waals surface area contributed by atoms with Gasteiger partial charge in [0.2, 0.25) is 0 Å². The van der Waals surface area contributed by atoms with Crippen molar-refractivity contribution in [2.45, 2.75) is 46.1 Å². The van der Waals surface area contributed by atoms with E-state index in [-0.39, 0.29) is 0 Å². The van der Waals surface area contributed by atoms with Gasteiger partial charge in [0.1, 0.15) is 11.3 Å². The molecule has 0 bridgehead atoms. The van der Waals surface area contributed by atoms with Crippen LogP contribution < -0.4 is 15.4 Å². The molecule has 2 rings (SSSR count). The maximum Gasteiger partial charge on any atom is 0.330 e. The summed E-state index contributed by atoms with van der Waals surface area (Å²) in [6, 6.07) is 5.48. The van der Waals surface area contributed by atoms with Crippen molar-refractivity contribution in [3.8, 4) is 5.75 Å². The minimum atomic E-state index is -0.990. The molecule has 0 aliphatic carbocycles. The second-order valence-corrected chi connectivity index (χ2v) is 7.38. The van der Waals surface area contributed by atoms with Gasteiger partial charge in [0, 0.05) is 18.3 Å². The molecule has 1 aromatic rings. The Balaban J connectivity index is 2.59. The number of aliphatic carboxylic acids is 1. The Hall–Kier alpha value is -1.91. The quantitative estimate of drug-likeness (QED) is 0.836. The topological polar surface area (TPSA) is 75.8 Å². The van der Waals surface area contributed by atoms with E-state index in [0.29, 0.717) is 24.4 Å². The van der Waals surface area contributed by atoms with E-state index in [9.17, 15) is 9.90 Å². The summed E-state index contributed by atoms with van der Waals surface area (Å²) >= 11 is 0. The lowest BCUT2D eigenvalue weighted by molar-refractivity contribution is -0.148. The van der Waals surface area contributed by atoms with E-state index < -0.39 is 16.9 Å². The van der Waals surface area contributed by atoms with Crippen molar-refractivity contribution in [3.63, 3.8) is 0 Å². The van der Waals surface area contributed by atoms with E-state index in [1.807, 2.05) is 44.7 Å². The average molecular weight is 319 g/mol. The first kappa shape index (κ1) is 17.4. The van der Waals surface area contributed by atoms with Gasteiger partial charge in [-0.2, -0.15) is 0 Å². The molecule has 1 radical (unpaired) electrons. The van der Waals surface area contributed by atoms with Crippen molar-refractivity contribution < 1.29 is 14.6 Å². The van der Waals surface area contributed by atoms with Gasteiger partial charge in [-0.05, 0) is 36.3 Å². The Morgan fingerprint density at radius 2 is 2.04 bits per heavy atom. The van der Waals surface area contributed by atoms with Crippen LogP contribution in [0.2, 0.25) is 0 Å². The van der Waals surface area contributed by atoms with Crippen LogP contribution >= 0.6 is 0 Å². The zero-order valence-electron chi connectivity index (χ0n) is 14.6. The van der Waals surface area contributed by atoms with Gasteiger partial charge in [-0.15, -0.1) is 0 Å². The van der Waals surface area contributed by atoms with E-state index in [4.69, 9.17) is 10.5 Å². The van der Waals surface area contributed by atoms with E-state index >= 15 is 0 Å². The summed E-state index contributed by atoms with van der Waals surface area (Å²) in [6.45, 7) is 8.68. The number of anilines is 2. The lowest BCUT2D eigenvalue weighted by atomic mass is 9.65.